The molecule has 68 heavy (non-hydrogen) atoms. The van der Waals surface area contributed by atoms with Crippen LogP contribution in [0, 0.1) is 11.3 Å². The van der Waals surface area contributed by atoms with Gasteiger partial charge >= 0.3 is 12.0 Å². The summed E-state index contributed by atoms with van der Waals surface area (Å²) in [5.41, 5.74) is 8.81. The quantitative estimate of drug-likeness (QED) is 0.136. The molecule has 0 saturated carbocycles. The number of aromatic nitrogens is 3. The van der Waals surface area contributed by atoms with Crippen molar-refractivity contribution in [2.24, 2.45) is 11.3 Å². The predicted octanol–water partition coefficient (Wildman–Crippen LogP) is 5.56. The van der Waals surface area contributed by atoms with Gasteiger partial charge in [0.15, 0.2) is 16.3 Å². The van der Waals surface area contributed by atoms with Crippen LogP contribution in [0.3, 0.4) is 0 Å². The van der Waals surface area contributed by atoms with Crippen LogP contribution >= 0.6 is 11.3 Å². The molecule has 2 radical (unpaired) electrons. The molecule has 1 aliphatic carbocycles. The maximum atomic E-state index is 15.1. The third-order valence-corrected chi connectivity index (χ3v) is 16.6. The Labute approximate surface area is 410 Å². The van der Waals surface area contributed by atoms with Crippen LogP contribution in [0.4, 0.5) is 4.79 Å². The Balaban J connectivity index is 1.07. The van der Waals surface area contributed by atoms with E-state index in [0.29, 0.717) is 56.9 Å². The number of nitrogens with zero attached hydrogens (tertiary/aromatic N) is 7. The number of fused-ring (bicyclic) bond motifs is 8. The predicted molar refractivity (Wildman–Crippen MR) is 259 cm³/mol. The van der Waals surface area contributed by atoms with Crippen molar-refractivity contribution in [3.8, 4) is 22.5 Å². The number of hydrogen-bond donors (Lipinski definition) is 2. The van der Waals surface area contributed by atoms with E-state index in [1.165, 1.54) is 27.3 Å². The van der Waals surface area contributed by atoms with Crippen LogP contribution in [-0.2, 0) is 41.6 Å². The van der Waals surface area contributed by atoms with Gasteiger partial charge in [0.1, 0.15) is 18.2 Å². The third kappa shape index (κ3) is 8.13. The highest BCUT2D eigenvalue weighted by atomic mass is 32.1. The number of urea groups is 1. The maximum Gasteiger partial charge on any atom is 0.324 e. The van der Waals surface area contributed by atoms with Gasteiger partial charge in [0, 0.05) is 108 Å². The van der Waals surface area contributed by atoms with E-state index in [4.69, 9.17) is 19.4 Å². The first-order chi connectivity index (χ1) is 32.5. The molecular weight excluding hydrogens is 898 g/mol. The van der Waals surface area contributed by atoms with E-state index in [0.717, 1.165) is 51.1 Å². The van der Waals surface area contributed by atoms with Crippen molar-refractivity contribution < 1.29 is 33.4 Å². The molecule has 5 atom stereocenters. The number of methoxy groups -OCH3 is 1. The summed E-state index contributed by atoms with van der Waals surface area (Å²) < 4.78 is 13.3. The smallest absolute Gasteiger partial charge is 0.324 e. The number of ether oxygens (including phenoxy) is 2. The fourth-order valence-electron chi connectivity index (χ4n) is 11.6. The second-order valence-electron chi connectivity index (χ2n) is 20.2. The molecular formula is C50H62AlN9O7S. The molecule has 1 spiro atoms. The lowest BCUT2D eigenvalue weighted by molar-refractivity contribution is -0.157. The standard InChI is InChI=1S/C50H62N9O7S.Al/c1-9-38(60)56-22-17-50(18-23-56)19-24-58(50)48(64)55(7)42(29(3)4)45(61)53-34-26-37-52-35(27-67-37)30-15-16-36-32(25-30)39-40(44(65-8)41-31(13-11-20-51-41)43(39)57(36)10-2)49(5,6)28-66-47(63)33-14-12-21-59(54-33)46(34)62;/h9,11,13,15-16,20,25,27,29,33,40,42,44,54H,1,10,12,14,17-19,21-24,26,28H2,2-8H3,(H,53,61);/t33-,40?,42-,44-;/m0./s1. The number of likely N-dealkylation sites (tertiary alicyclic amines) is 2. The van der Waals surface area contributed by atoms with Crippen LogP contribution < -0.4 is 10.7 Å². The molecule has 7 heterocycles. The maximum absolute atomic E-state index is 15.1. The molecule has 5 amide bonds. The van der Waals surface area contributed by atoms with Crippen molar-refractivity contribution in [2.75, 3.05) is 46.9 Å². The summed E-state index contributed by atoms with van der Waals surface area (Å²) in [7, 11) is 3.35. The molecule has 3 fully saturated rings. The second kappa shape index (κ2) is 18.3. The molecule has 358 valence electrons. The van der Waals surface area contributed by atoms with Gasteiger partial charge in [0.25, 0.3) is 0 Å². The number of piperidine rings is 1. The number of rotatable bonds is 7. The third-order valence-electron chi connectivity index (χ3n) is 15.2. The number of carbonyl (C=O) groups excluding carboxylic acids is 5. The van der Waals surface area contributed by atoms with Gasteiger partial charge in [0.05, 0.1) is 28.7 Å². The summed E-state index contributed by atoms with van der Waals surface area (Å²) in [4.78, 5) is 85.9. The fourth-order valence-corrected chi connectivity index (χ4v) is 13.1. The zero-order valence-electron chi connectivity index (χ0n) is 40.2. The van der Waals surface area contributed by atoms with Gasteiger partial charge in [-0.1, -0.05) is 40.3 Å². The lowest BCUT2D eigenvalue weighted by Gasteiger charge is -2.57. The second-order valence-corrected chi connectivity index (χ2v) is 22.1. The largest absolute Gasteiger partial charge is 0.464 e. The number of amides is 5. The first-order valence-corrected chi connectivity index (χ1v) is 25.3. The summed E-state index contributed by atoms with van der Waals surface area (Å²) in [6, 6.07) is 8.40. The number of nitrogens with one attached hydrogen (secondary N) is 2. The Morgan fingerprint density at radius 3 is 2.56 bits per heavy atom. The summed E-state index contributed by atoms with van der Waals surface area (Å²) in [6.45, 7) is 16.4. The van der Waals surface area contributed by atoms with Gasteiger partial charge in [-0.05, 0) is 80.9 Å². The number of thiazole rings is 1. The molecule has 5 aliphatic rings. The molecule has 1 unspecified atom stereocenters. The Hall–Kier alpha value is -5.12. The number of esters is 1. The number of hydrazine groups is 1. The average molecular weight is 960 g/mol. The number of hydrogen-bond acceptors (Lipinski definition) is 11. The molecule has 3 saturated heterocycles. The van der Waals surface area contributed by atoms with Crippen LogP contribution in [0.1, 0.15) is 95.0 Å². The molecule has 9 rings (SSSR count). The Kier molecular flexibility index (Phi) is 12.9. The van der Waals surface area contributed by atoms with E-state index in [-0.39, 0.29) is 43.3 Å². The molecule has 3 aromatic heterocycles. The van der Waals surface area contributed by atoms with E-state index in [2.05, 4.69) is 83.2 Å². The Morgan fingerprint density at radius 1 is 1.13 bits per heavy atom. The van der Waals surface area contributed by atoms with Gasteiger partial charge in [-0.15, -0.1) is 11.3 Å². The van der Waals surface area contributed by atoms with Crippen LogP contribution in [0.15, 0.2) is 54.6 Å². The summed E-state index contributed by atoms with van der Waals surface area (Å²) in [5.74, 6) is -2.16. The Bertz CT molecular complexity index is 2670. The minimum atomic E-state index is -1.64. The SMILES string of the molecule is C=CC(=O)N1CCC2(CC1)CCN2C(=O)N(C)[C@H](C(=O)N[C@@]1([Al])Cc2nc(cs2)-c2ccc3c(c2)c2c(n3CC)-c3cccnc3[C@@H](OC)C2C(C)(C)COC(=O)[C@@H]2CCCN(N2)C1=O)C(C)C. The van der Waals surface area contributed by atoms with E-state index >= 15 is 4.79 Å². The zero-order valence-corrected chi connectivity index (χ0v) is 42.1. The van der Waals surface area contributed by atoms with E-state index < -0.39 is 51.3 Å². The highest BCUT2D eigenvalue weighted by Gasteiger charge is 2.52. The molecule has 4 aromatic rings. The fraction of sp³-hybridized carbons (Fsp3) is 0.540. The Morgan fingerprint density at radius 2 is 1.88 bits per heavy atom. The van der Waals surface area contributed by atoms with Crippen LogP contribution in [-0.4, -0.2) is 149 Å². The highest BCUT2D eigenvalue weighted by Crippen LogP contribution is 2.57. The first-order valence-electron chi connectivity index (χ1n) is 23.9. The zero-order chi connectivity index (χ0) is 48.4. The molecule has 4 aliphatic heterocycles. The molecule has 16 nitrogen and oxygen atoms in total. The molecule has 1 aromatic carbocycles. The topological polar surface area (TPSA) is 172 Å². The van der Waals surface area contributed by atoms with Gasteiger partial charge in [-0.2, -0.15) is 0 Å². The van der Waals surface area contributed by atoms with Gasteiger partial charge < -0.3 is 34.1 Å². The normalized spacial score (nSPS) is 24.7. The minimum absolute atomic E-state index is 0.0112. The van der Waals surface area contributed by atoms with E-state index in [1.54, 1.807) is 25.3 Å². The summed E-state index contributed by atoms with van der Waals surface area (Å²) in [6.07, 6.45) is 5.74. The lowest BCUT2D eigenvalue weighted by Crippen LogP contribution is -2.71. The molecule has 2 N–H and O–H groups in total. The number of carbonyl (C=O) groups is 5. The van der Waals surface area contributed by atoms with E-state index in [9.17, 15) is 19.2 Å². The van der Waals surface area contributed by atoms with Crippen LogP contribution in [0.2, 0.25) is 0 Å². The summed E-state index contributed by atoms with van der Waals surface area (Å²) in [5, 5.41) is 8.16. The monoisotopic (exact) mass is 959 g/mol. The van der Waals surface area contributed by atoms with Gasteiger partial charge in [0.2, 0.25) is 17.7 Å². The molecule has 18 heteroatoms. The van der Waals surface area contributed by atoms with Crippen LogP contribution in [0.25, 0.3) is 33.4 Å². The van der Waals surface area contributed by atoms with Crippen LogP contribution in [0.5, 0.6) is 0 Å². The minimum Gasteiger partial charge on any atom is -0.464 e. The van der Waals surface area contributed by atoms with Gasteiger partial charge in [-0.3, -0.25) is 29.2 Å². The van der Waals surface area contributed by atoms with Crippen molar-refractivity contribution in [3.05, 3.63) is 70.8 Å². The van der Waals surface area contributed by atoms with Crippen molar-refractivity contribution in [2.45, 2.75) is 114 Å². The van der Waals surface area contributed by atoms with E-state index in [1.807, 2.05) is 30.2 Å². The van der Waals surface area contributed by atoms with Crippen molar-refractivity contribution in [1.82, 2.24) is 45.0 Å². The van der Waals surface area contributed by atoms with Crippen molar-refractivity contribution in [1.29, 1.82) is 0 Å². The number of pyridine rings is 1. The average Bonchev–Trinajstić information content (AvgIpc) is 3.93. The number of aryl methyl sites for hydroxylation is 1. The number of benzene rings is 1. The van der Waals surface area contributed by atoms with Crippen molar-refractivity contribution >= 4 is 68.3 Å². The summed E-state index contributed by atoms with van der Waals surface area (Å²) >= 11 is 4.02. The van der Waals surface area contributed by atoms with Crippen molar-refractivity contribution in [3.63, 3.8) is 0 Å². The highest BCUT2D eigenvalue weighted by molar-refractivity contribution is 7.10. The molecule has 6 bridgehead atoms. The first kappa shape index (κ1) is 47.9. The number of cyclic esters (lactones) is 1. The van der Waals surface area contributed by atoms with Gasteiger partial charge in [-0.25, -0.2) is 15.2 Å². The lowest BCUT2D eigenvalue weighted by atomic mass is 9.67. The number of likely N-dealkylation sites (N-methyl/N-ethyl adjacent to an activating group) is 1.